The van der Waals surface area contributed by atoms with Gasteiger partial charge in [-0.2, -0.15) is 0 Å². The maximum absolute atomic E-state index is 5.84. The highest BCUT2D eigenvalue weighted by Crippen LogP contribution is 2.54. The van der Waals surface area contributed by atoms with Gasteiger partial charge in [-0.1, -0.05) is 58.4 Å². The van der Waals surface area contributed by atoms with Crippen LogP contribution in [-0.4, -0.2) is 0 Å². The van der Waals surface area contributed by atoms with E-state index in [9.17, 15) is 0 Å². The van der Waals surface area contributed by atoms with E-state index < -0.39 is 0 Å². The minimum atomic E-state index is 0.220. The average Bonchev–Trinajstić information content (AvgIpc) is 3.26. The predicted octanol–water partition coefficient (Wildman–Crippen LogP) is 4.07. The maximum atomic E-state index is 5.84. The van der Waals surface area contributed by atoms with Crippen molar-refractivity contribution in [2.45, 2.75) is 25.3 Å². The molecule has 3 N–H and O–H groups in total. The lowest BCUT2D eigenvalue weighted by Crippen LogP contribution is -2.30. The Kier molecular flexibility index (Phi) is 3.92. The zero-order valence-electron chi connectivity index (χ0n) is 11.5. The molecule has 20 heavy (non-hydrogen) atoms. The normalized spacial score (nSPS) is 22.6. The second-order valence-electron chi connectivity index (χ2n) is 5.52. The molecule has 0 amide bonds. The summed E-state index contributed by atoms with van der Waals surface area (Å²) in [6, 6.07) is 17.3. The van der Waals surface area contributed by atoms with Gasteiger partial charge in [-0.15, -0.1) is 0 Å². The summed E-state index contributed by atoms with van der Waals surface area (Å²) in [5.74, 6) is 7.04. The predicted molar refractivity (Wildman–Crippen MR) is 86.2 cm³/mol. The van der Waals surface area contributed by atoms with E-state index in [1.165, 1.54) is 23.1 Å². The zero-order chi connectivity index (χ0) is 14.1. The van der Waals surface area contributed by atoms with Crippen LogP contribution in [0.5, 0.6) is 0 Å². The minimum Gasteiger partial charge on any atom is -0.271 e. The van der Waals surface area contributed by atoms with Gasteiger partial charge >= 0.3 is 0 Å². The van der Waals surface area contributed by atoms with E-state index in [4.69, 9.17) is 5.84 Å². The molecule has 3 heteroatoms. The maximum Gasteiger partial charge on any atom is 0.0497 e. The Hall–Kier alpha value is -1.16. The Balaban J connectivity index is 1.84. The van der Waals surface area contributed by atoms with Crippen LogP contribution < -0.4 is 11.3 Å². The largest absolute Gasteiger partial charge is 0.271 e. The summed E-state index contributed by atoms with van der Waals surface area (Å²) in [5.41, 5.74) is 7.02. The molecule has 1 aliphatic carbocycles. The lowest BCUT2D eigenvalue weighted by atomic mass is 9.96. The summed E-state index contributed by atoms with van der Waals surface area (Å²) in [6.07, 6.45) is 1.20. The second kappa shape index (κ2) is 5.68. The molecule has 2 nitrogen and oxygen atoms in total. The van der Waals surface area contributed by atoms with Gasteiger partial charge in [0.05, 0.1) is 0 Å². The molecule has 2 aromatic carbocycles. The Morgan fingerprint density at radius 1 is 1.15 bits per heavy atom. The Labute approximate surface area is 128 Å². The van der Waals surface area contributed by atoms with Crippen LogP contribution in [-0.2, 0) is 0 Å². The molecular weight excluding hydrogens is 312 g/mol. The van der Waals surface area contributed by atoms with Crippen LogP contribution in [0.1, 0.15) is 35.1 Å². The number of halogens is 1. The van der Waals surface area contributed by atoms with Crippen LogP contribution in [0, 0.1) is 12.8 Å². The third-order valence-corrected chi connectivity index (χ3v) is 5.18. The molecule has 3 rings (SSSR count). The number of benzene rings is 2. The molecule has 0 aromatic heterocycles. The van der Waals surface area contributed by atoms with Crippen molar-refractivity contribution in [1.29, 1.82) is 0 Å². The van der Waals surface area contributed by atoms with Crippen molar-refractivity contribution in [2.75, 3.05) is 0 Å². The smallest absolute Gasteiger partial charge is 0.0497 e. The summed E-state index contributed by atoms with van der Waals surface area (Å²) in [4.78, 5) is 0. The van der Waals surface area contributed by atoms with E-state index in [2.05, 4.69) is 76.8 Å². The highest BCUT2D eigenvalue weighted by molar-refractivity contribution is 9.10. The van der Waals surface area contributed by atoms with Crippen molar-refractivity contribution in [3.8, 4) is 0 Å². The molecule has 0 saturated heterocycles. The van der Waals surface area contributed by atoms with E-state index in [-0.39, 0.29) is 6.04 Å². The summed E-state index contributed by atoms with van der Waals surface area (Å²) in [5, 5.41) is 0. The van der Waals surface area contributed by atoms with Gasteiger partial charge in [0.1, 0.15) is 0 Å². The summed E-state index contributed by atoms with van der Waals surface area (Å²) < 4.78 is 1.15. The SMILES string of the molecule is Cc1c(Br)cccc1C(NN)C1CC1c1ccccc1. The molecule has 104 valence electrons. The van der Waals surface area contributed by atoms with Gasteiger partial charge in [-0.05, 0) is 47.9 Å². The first-order chi connectivity index (χ1) is 9.72. The monoisotopic (exact) mass is 330 g/mol. The molecule has 0 aliphatic heterocycles. The van der Waals surface area contributed by atoms with E-state index in [0.717, 1.165) is 4.47 Å². The number of hydrogen-bond acceptors (Lipinski definition) is 2. The summed E-state index contributed by atoms with van der Waals surface area (Å²) in [7, 11) is 0. The molecule has 3 unspecified atom stereocenters. The molecule has 0 heterocycles. The van der Waals surface area contributed by atoms with Crippen molar-refractivity contribution in [3.05, 3.63) is 69.7 Å². The average molecular weight is 331 g/mol. The third kappa shape index (κ3) is 2.53. The Morgan fingerprint density at radius 2 is 1.90 bits per heavy atom. The number of nitrogens with one attached hydrogen (secondary N) is 1. The van der Waals surface area contributed by atoms with E-state index in [1.807, 2.05) is 0 Å². The molecule has 1 aliphatic rings. The first-order valence-electron chi connectivity index (χ1n) is 6.98. The first-order valence-corrected chi connectivity index (χ1v) is 7.77. The van der Waals surface area contributed by atoms with Crippen molar-refractivity contribution in [3.63, 3.8) is 0 Å². The van der Waals surface area contributed by atoms with Gasteiger partial charge in [0, 0.05) is 10.5 Å². The first kappa shape index (κ1) is 13.8. The molecular formula is C17H19BrN2. The van der Waals surface area contributed by atoms with Crippen molar-refractivity contribution >= 4 is 15.9 Å². The fourth-order valence-electron chi connectivity index (χ4n) is 3.07. The standard InChI is InChI=1S/C17H19BrN2/c1-11-13(8-5-9-16(11)18)17(20-19)15-10-14(15)12-6-3-2-4-7-12/h2-9,14-15,17,20H,10,19H2,1H3. The van der Waals surface area contributed by atoms with Crippen LogP contribution in [0.2, 0.25) is 0 Å². The Bertz CT molecular complexity index is 597. The Morgan fingerprint density at radius 3 is 2.60 bits per heavy atom. The highest BCUT2D eigenvalue weighted by Gasteiger charge is 2.44. The van der Waals surface area contributed by atoms with Gasteiger partial charge in [0.25, 0.3) is 0 Å². The molecule has 1 fully saturated rings. The fourth-order valence-corrected chi connectivity index (χ4v) is 3.45. The van der Waals surface area contributed by atoms with Gasteiger partial charge < -0.3 is 0 Å². The van der Waals surface area contributed by atoms with Gasteiger partial charge in [-0.25, -0.2) is 0 Å². The molecule has 0 bridgehead atoms. The lowest BCUT2D eigenvalue weighted by Gasteiger charge is -2.19. The van der Waals surface area contributed by atoms with E-state index in [0.29, 0.717) is 11.8 Å². The van der Waals surface area contributed by atoms with E-state index >= 15 is 0 Å². The number of rotatable bonds is 4. The molecule has 1 saturated carbocycles. The van der Waals surface area contributed by atoms with Crippen molar-refractivity contribution in [1.82, 2.24) is 5.43 Å². The van der Waals surface area contributed by atoms with Gasteiger partial charge in [0.15, 0.2) is 0 Å². The number of hydrogen-bond donors (Lipinski definition) is 2. The quantitative estimate of drug-likeness (QED) is 0.655. The van der Waals surface area contributed by atoms with Gasteiger partial charge in [-0.3, -0.25) is 11.3 Å². The van der Waals surface area contributed by atoms with Crippen LogP contribution in [0.3, 0.4) is 0 Å². The van der Waals surface area contributed by atoms with Crippen LogP contribution in [0.15, 0.2) is 53.0 Å². The number of hydrazine groups is 1. The second-order valence-corrected chi connectivity index (χ2v) is 6.37. The van der Waals surface area contributed by atoms with Gasteiger partial charge in [0.2, 0.25) is 0 Å². The highest BCUT2D eigenvalue weighted by atomic mass is 79.9. The van der Waals surface area contributed by atoms with E-state index in [1.54, 1.807) is 0 Å². The van der Waals surface area contributed by atoms with Crippen LogP contribution >= 0.6 is 15.9 Å². The van der Waals surface area contributed by atoms with Crippen molar-refractivity contribution < 1.29 is 0 Å². The van der Waals surface area contributed by atoms with Crippen LogP contribution in [0.4, 0.5) is 0 Å². The van der Waals surface area contributed by atoms with Crippen molar-refractivity contribution in [2.24, 2.45) is 11.8 Å². The molecule has 3 atom stereocenters. The lowest BCUT2D eigenvalue weighted by molar-refractivity contribution is 0.485. The number of nitrogens with two attached hydrogens (primary N) is 1. The molecule has 0 radical (unpaired) electrons. The van der Waals surface area contributed by atoms with Crippen LogP contribution in [0.25, 0.3) is 0 Å². The molecule has 2 aromatic rings. The summed E-state index contributed by atoms with van der Waals surface area (Å²) in [6.45, 7) is 2.14. The topological polar surface area (TPSA) is 38.0 Å². The fraction of sp³-hybridized carbons (Fsp3) is 0.294. The third-order valence-electron chi connectivity index (χ3n) is 4.32. The minimum absolute atomic E-state index is 0.220. The summed E-state index contributed by atoms with van der Waals surface area (Å²) >= 11 is 3.60. The zero-order valence-corrected chi connectivity index (χ0v) is 13.1. The molecule has 0 spiro atoms.